The first-order chi connectivity index (χ1) is 7.17. The van der Waals surface area contributed by atoms with Gasteiger partial charge in [0.25, 0.3) is 0 Å². The van der Waals surface area contributed by atoms with E-state index in [-0.39, 0.29) is 0 Å². The Bertz CT molecular complexity index is 198. The Morgan fingerprint density at radius 2 is 2.07 bits per heavy atom. The van der Waals surface area contributed by atoms with Crippen molar-refractivity contribution in [3.05, 3.63) is 12.2 Å². The molecule has 0 aromatic heterocycles. The van der Waals surface area contributed by atoms with Crippen LogP contribution in [0.3, 0.4) is 0 Å². The van der Waals surface area contributed by atoms with Crippen LogP contribution in [0.15, 0.2) is 12.2 Å². The van der Waals surface area contributed by atoms with E-state index in [1.165, 1.54) is 44.1 Å². The number of allylic oxidation sites excluding steroid dienone is 1. The summed E-state index contributed by atoms with van der Waals surface area (Å²) in [6.07, 6.45) is 8.02. The largest absolute Gasteiger partial charge is 0.330 e. The standard InChI is InChI=1S/C14H27N/c1-4-12-6-8-14(10-15)13(9-12)7-5-11(2)3/h12-14H,2,4-10,15H2,1,3H3. The van der Waals surface area contributed by atoms with E-state index >= 15 is 0 Å². The molecule has 1 heteroatoms. The van der Waals surface area contributed by atoms with Gasteiger partial charge in [0.1, 0.15) is 0 Å². The first-order valence-corrected chi connectivity index (χ1v) is 6.51. The minimum absolute atomic E-state index is 0.784. The molecule has 0 bridgehead atoms. The zero-order valence-corrected chi connectivity index (χ0v) is 10.5. The van der Waals surface area contributed by atoms with Crippen LogP contribution >= 0.6 is 0 Å². The van der Waals surface area contributed by atoms with Crippen molar-refractivity contribution in [1.82, 2.24) is 0 Å². The van der Waals surface area contributed by atoms with Crippen LogP contribution in [0.5, 0.6) is 0 Å². The maximum Gasteiger partial charge on any atom is -0.00462 e. The smallest absolute Gasteiger partial charge is 0.00462 e. The molecule has 1 rings (SSSR count). The molecule has 0 heterocycles. The molecule has 3 unspecified atom stereocenters. The second kappa shape index (κ2) is 6.32. The van der Waals surface area contributed by atoms with E-state index in [0.29, 0.717) is 0 Å². The van der Waals surface area contributed by atoms with Crippen LogP contribution in [0.2, 0.25) is 0 Å². The fourth-order valence-corrected chi connectivity index (χ4v) is 2.89. The normalized spacial score (nSPS) is 31.5. The first-order valence-electron chi connectivity index (χ1n) is 6.51. The molecule has 1 nitrogen and oxygen atoms in total. The summed E-state index contributed by atoms with van der Waals surface area (Å²) in [6, 6.07) is 0. The third-order valence-electron chi connectivity index (χ3n) is 4.07. The van der Waals surface area contributed by atoms with Crippen molar-refractivity contribution < 1.29 is 0 Å². The predicted molar refractivity (Wildman–Crippen MR) is 67.7 cm³/mol. The lowest BCUT2D eigenvalue weighted by atomic mass is 9.71. The molecule has 0 spiro atoms. The zero-order valence-electron chi connectivity index (χ0n) is 10.5. The van der Waals surface area contributed by atoms with Crippen molar-refractivity contribution >= 4 is 0 Å². The van der Waals surface area contributed by atoms with Crippen molar-refractivity contribution in [1.29, 1.82) is 0 Å². The first kappa shape index (κ1) is 12.8. The highest BCUT2D eigenvalue weighted by Crippen LogP contribution is 2.37. The van der Waals surface area contributed by atoms with Crippen molar-refractivity contribution in [2.24, 2.45) is 23.5 Å². The van der Waals surface area contributed by atoms with E-state index in [0.717, 1.165) is 24.3 Å². The van der Waals surface area contributed by atoms with Crippen molar-refractivity contribution in [2.45, 2.75) is 52.4 Å². The van der Waals surface area contributed by atoms with Gasteiger partial charge in [-0.25, -0.2) is 0 Å². The van der Waals surface area contributed by atoms with Crippen molar-refractivity contribution in [3.8, 4) is 0 Å². The van der Waals surface area contributed by atoms with Crippen LogP contribution in [0.4, 0.5) is 0 Å². The molecular weight excluding hydrogens is 182 g/mol. The van der Waals surface area contributed by atoms with E-state index in [1.807, 2.05) is 0 Å². The molecule has 0 saturated heterocycles. The Kier molecular flexibility index (Phi) is 5.38. The van der Waals surface area contributed by atoms with Gasteiger partial charge in [0.15, 0.2) is 0 Å². The van der Waals surface area contributed by atoms with Crippen molar-refractivity contribution in [2.75, 3.05) is 6.54 Å². The predicted octanol–water partition coefficient (Wildman–Crippen LogP) is 3.74. The van der Waals surface area contributed by atoms with Gasteiger partial charge in [0.05, 0.1) is 0 Å². The van der Waals surface area contributed by atoms with Crippen LogP contribution in [0, 0.1) is 17.8 Å². The number of rotatable bonds is 5. The highest BCUT2D eigenvalue weighted by atomic mass is 14.6. The Morgan fingerprint density at radius 3 is 2.60 bits per heavy atom. The lowest BCUT2D eigenvalue weighted by Gasteiger charge is -2.35. The second-order valence-corrected chi connectivity index (χ2v) is 5.34. The highest BCUT2D eigenvalue weighted by molar-refractivity contribution is 4.90. The molecule has 0 amide bonds. The molecule has 0 aromatic carbocycles. The quantitative estimate of drug-likeness (QED) is 0.686. The Balaban J connectivity index is 2.43. The summed E-state index contributed by atoms with van der Waals surface area (Å²) < 4.78 is 0. The van der Waals surface area contributed by atoms with Crippen LogP contribution in [0.25, 0.3) is 0 Å². The molecule has 1 aliphatic carbocycles. The average molecular weight is 209 g/mol. The third-order valence-corrected chi connectivity index (χ3v) is 4.07. The van der Waals surface area contributed by atoms with Gasteiger partial charge in [-0.15, -0.1) is 6.58 Å². The fraction of sp³-hybridized carbons (Fsp3) is 0.857. The molecule has 0 radical (unpaired) electrons. The number of hydrogen-bond acceptors (Lipinski definition) is 1. The molecule has 2 N–H and O–H groups in total. The van der Waals surface area contributed by atoms with E-state index in [1.54, 1.807) is 0 Å². The Labute approximate surface area is 95.1 Å². The van der Waals surface area contributed by atoms with E-state index in [2.05, 4.69) is 20.4 Å². The molecule has 1 fully saturated rings. The maximum atomic E-state index is 5.86. The zero-order chi connectivity index (χ0) is 11.3. The molecule has 0 aliphatic heterocycles. The molecule has 15 heavy (non-hydrogen) atoms. The molecule has 88 valence electrons. The Morgan fingerprint density at radius 1 is 1.33 bits per heavy atom. The monoisotopic (exact) mass is 209 g/mol. The summed E-state index contributed by atoms with van der Waals surface area (Å²) in [6.45, 7) is 9.34. The van der Waals surface area contributed by atoms with E-state index in [4.69, 9.17) is 5.73 Å². The minimum atomic E-state index is 0.784. The van der Waals surface area contributed by atoms with Crippen LogP contribution in [-0.2, 0) is 0 Å². The molecule has 0 aromatic rings. The lowest BCUT2D eigenvalue weighted by molar-refractivity contribution is 0.171. The lowest BCUT2D eigenvalue weighted by Crippen LogP contribution is -2.30. The Hall–Kier alpha value is -0.300. The molecule has 1 saturated carbocycles. The molecular formula is C14H27N. The second-order valence-electron chi connectivity index (χ2n) is 5.34. The number of nitrogens with two attached hydrogens (primary N) is 1. The fourth-order valence-electron chi connectivity index (χ4n) is 2.89. The summed E-state index contributed by atoms with van der Waals surface area (Å²) in [5.41, 5.74) is 7.19. The van der Waals surface area contributed by atoms with Gasteiger partial charge in [-0.05, 0) is 56.9 Å². The summed E-state index contributed by atoms with van der Waals surface area (Å²) in [4.78, 5) is 0. The van der Waals surface area contributed by atoms with E-state index < -0.39 is 0 Å². The SMILES string of the molecule is C=C(C)CCC1CC(CC)CCC1CN. The van der Waals surface area contributed by atoms with Gasteiger partial charge >= 0.3 is 0 Å². The van der Waals surface area contributed by atoms with Crippen molar-refractivity contribution in [3.63, 3.8) is 0 Å². The number of hydrogen-bond donors (Lipinski definition) is 1. The highest BCUT2D eigenvalue weighted by Gasteiger charge is 2.28. The topological polar surface area (TPSA) is 26.0 Å². The third kappa shape index (κ3) is 3.98. The van der Waals surface area contributed by atoms with Gasteiger partial charge in [0.2, 0.25) is 0 Å². The van der Waals surface area contributed by atoms with Crippen LogP contribution in [0.1, 0.15) is 52.4 Å². The van der Waals surface area contributed by atoms with Gasteiger partial charge in [0, 0.05) is 0 Å². The van der Waals surface area contributed by atoms with Gasteiger partial charge in [-0.3, -0.25) is 0 Å². The molecule has 3 atom stereocenters. The summed E-state index contributed by atoms with van der Waals surface area (Å²) in [5.74, 6) is 2.61. The van der Waals surface area contributed by atoms with Gasteiger partial charge < -0.3 is 5.73 Å². The maximum absolute atomic E-state index is 5.86. The van der Waals surface area contributed by atoms with Gasteiger partial charge in [-0.1, -0.05) is 25.3 Å². The summed E-state index contributed by atoms with van der Waals surface area (Å²) in [7, 11) is 0. The summed E-state index contributed by atoms with van der Waals surface area (Å²) in [5, 5.41) is 0. The average Bonchev–Trinajstić information content (AvgIpc) is 2.25. The minimum Gasteiger partial charge on any atom is -0.330 e. The molecule has 1 aliphatic rings. The van der Waals surface area contributed by atoms with E-state index in [9.17, 15) is 0 Å². The van der Waals surface area contributed by atoms with Crippen LogP contribution in [-0.4, -0.2) is 6.54 Å². The summed E-state index contributed by atoms with van der Waals surface area (Å²) >= 11 is 0. The van der Waals surface area contributed by atoms with Crippen LogP contribution < -0.4 is 5.73 Å². The van der Waals surface area contributed by atoms with Gasteiger partial charge in [-0.2, -0.15) is 0 Å².